The van der Waals surface area contributed by atoms with E-state index in [0.29, 0.717) is 24.9 Å². The molecule has 1 aromatic heterocycles. The number of nitrogens with zero attached hydrogens (tertiary/aromatic N) is 3. The number of piperidine rings is 1. The van der Waals surface area contributed by atoms with E-state index in [-0.39, 0.29) is 18.9 Å². The number of carbonyl (C=O) groups is 1. The van der Waals surface area contributed by atoms with Gasteiger partial charge in [-0.25, -0.2) is 13.1 Å². The highest BCUT2D eigenvalue weighted by atomic mass is 32.2. The predicted octanol–water partition coefficient (Wildman–Crippen LogP) is 0.0984. The molecule has 0 aliphatic carbocycles. The van der Waals surface area contributed by atoms with Crippen LogP contribution in [0.5, 0.6) is 0 Å². The van der Waals surface area contributed by atoms with Crippen molar-refractivity contribution in [3.8, 4) is 0 Å². The van der Waals surface area contributed by atoms with Crippen LogP contribution in [0.4, 0.5) is 0 Å². The molecule has 1 aliphatic rings. The summed E-state index contributed by atoms with van der Waals surface area (Å²) in [6, 6.07) is 0. The van der Waals surface area contributed by atoms with Crippen molar-refractivity contribution in [1.29, 1.82) is 0 Å². The second kappa shape index (κ2) is 7.19. The molecule has 2 heterocycles. The van der Waals surface area contributed by atoms with Crippen molar-refractivity contribution in [2.24, 2.45) is 5.92 Å². The van der Waals surface area contributed by atoms with Gasteiger partial charge in [-0.2, -0.15) is 4.98 Å². The van der Waals surface area contributed by atoms with Crippen LogP contribution < -0.4 is 4.72 Å². The average molecular weight is 330 g/mol. The van der Waals surface area contributed by atoms with Crippen LogP contribution in [0.3, 0.4) is 0 Å². The first-order valence-electron chi connectivity index (χ1n) is 7.35. The van der Waals surface area contributed by atoms with Crippen molar-refractivity contribution in [1.82, 2.24) is 19.8 Å². The molecule has 1 amide bonds. The molecule has 124 valence electrons. The van der Waals surface area contributed by atoms with Crippen LogP contribution in [0, 0.1) is 12.8 Å². The fourth-order valence-electron chi connectivity index (χ4n) is 2.57. The third-order valence-electron chi connectivity index (χ3n) is 3.71. The van der Waals surface area contributed by atoms with Crippen LogP contribution in [0.1, 0.15) is 31.0 Å². The van der Waals surface area contributed by atoms with E-state index < -0.39 is 10.0 Å². The number of rotatable bonds is 6. The van der Waals surface area contributed by atoms with Gasteiger partial charge < -0.3 is 9.42 Å². The van der Waals surface area contributed by atoms with Crippen LogP contribution in [0.25, 0.3) is 0 Å². The minimum atomic E-state index is -3.24. The molecule has 0 bridgehead atoms. The van der Waals surface area contributed by atoms with E-state index in [0.717, 1.165) is 31.3 Å². The Bertz CT molecular complexity index is 605. The number of amides is 1. The van der Waals surface area contributed by atoms with E-state index in [1.54, 1.807) is 11.8 Å². The topological polar surface area (TPSA) is 105 Å². The standard InChI is InChI=1S/C13H22N4O4S/c1-10-15-12(16-21-10)9-11-4-7-17(8-5-11)13(18)3-6-14-22(2,19)20/h11,14H,3-9H2,1-2H3. The third kappa shape index (κ3) is 5.38. The molecule has 2 rings (SSSR count). The molecule has 0 spiro atoms. The Morgan fingerprint density at radius 1 is 1.41 bits per heavy atom. The van der Waals surface area contributed by atoms with E-state index in [1.165, 1.54) is 0 Å². The zero-order chi connectivity index (χ0) is 16.2. The van der Waals surface area contributed by atoms with E-state index in [9.17, 15) is 13.2 Å². The molecular formula is C13H22N4O4S. The van der Waals surface area contributed by atoms with Gasteiger partial charge in [-0.3, -0.25) is 4.79 Å². The molecule has 9 heteroatoms. The molecule has 22 heavy (non-hydrogen) atoms. The highest BCUT2D eigenvalue weighted by molar-refractivity contribution is 7.88. The van der Waals surface area contributed by atoms with E-state index in [2.05, 4.69) is 14.9 Å². The summed E-state index contributed by atoms with van der Waals surface area (Å²) >= 11 is 0. The molecule has 1 aliphatic heterocycles. The van der Waals surface area contributed by atoms with Crippen molar-refractivity contribution >= 4 is 15.9 Å². The predicted molar refractivity (Wildman–Crippen MR) is 79.5 cm³/mol. The maximum Gasteiger partial charge on any atom is 0.223 e. The van der Waals surface area contributed by atoms with Crippen molar-refractivity contribution in [3.05, 3.63) is 11.7 Å². The number of likely N-dealkylation sites (tertiary alicyclic amines) is 1. The largest absolute Gasteiger partial charge is 0.343 e. The molecular weight excluding hydrogens is 308 g/mol. The van der Waals surface area contributed by atoms with Crippen molar-refractivity contribution in [3.63, 3.8) is 0 Å². The van der Waals surface area contributed by atoms with Gasteiger partial charge in [0.05, 0.1) is 6.26 Å². The van der Waals surface area contributed by atoms with Gasteiger partial charge >= 0.3 is 0 Å². The number of hydrogen-bond donors (Lipinski definition) is 1. The van der Waals surface area contributed by atoms with Gasteiger partial charge in [-0.05, 0) is 18.8 Å². The normalized spacial score (nSPS) is 16.9. The maximum absolute atomic E-state index is 12.0. The first kappa shape index (κ1) is 16.9. The summed E-state index contributed by atoms with van der Waals surface area (Å²) in [6.07, 6.45) is 3.86. The van der Waals surface area contributed by atoms with Crippen molar-refractivity contribution < 1.29 is 17.7 Å². The molecule has 1 N–H and O–H groups in total. The lowest BCUT2D eigenvalue weighted by atomic mass is 9.93. The second-order valence-electron chi connectivity index (χ2n) is 5.67. The lowest BCUT2D eigenvalue weighted by Gasteiger charge is -2.31. The van der Waals surface area contributed by atoms with Gasteiger partial charge in [0, 0.05) is 39.4 Å². The van der Waals surface area contributed by atoms with Crippen LogP contribution in [-0.2, 0) is 21.2 Å². The number of nitrogens with one attached hydrogen (secondary N) is 1. The van der Waals surface area contributed by atoms with Crippen molar-refractivity contribution in [2.45, 2.75) is 32.6 Å². The molecule has 0 aromatic carbocycles. The number of carbonyl (C=O) groups excluding carboxylic acids is 1. The number of hydrogen-bond acceptors (Lipinski definition) is 6. The molecule has 0 saturated carbocycles. The van der Waals surface area contributed by atoms with Crippen LogP contribution >= 0.6 is 0 Å². The Morgan fingerprint density at radius 3 is 2.64 bits per heavy atom. The van der Waals surface area contributed by atoms with E-state index >= 15 is 0 Å². The van der Waals surface area contributed by atoms with Crippen molar-refractivity contribution in [2.75, 3.05) is 25.9 Å². The minimum absolute atomic E-state index is 0.00925. The monoisotopic (exact) mass is 330 g/mol. The molecule has 1 aromatic rings. The Balaban J connectivity index is 1.71. The van der Waals surface area contributed by atoms with Gasteiger partial charge in [0.2, 0.25) is 21.8 Å². The molecule has 8 nitrogen and oxygen atoms in total. The van der Waals surface area contributed by atoms with Gasteiger partial charge in [0.1, 0.15) is 0 Å². The van der Waals surface area contributed by atoms with Crippen LogP contribution in [0.2, 0.25) is 0 Å². The quantitative estimate of drug-likeness (QED) is 0.793. The first-order chi connectivity index (χ1) is 10.3. The number of aromatic nitrogens is 2. The molecule has 1 fully saturated rings. The smallest absolute Gasteiger partial charge is 0.223 e. The molecule has 0 unspecified atom stereocenters. The third-order valence-corrected chi connectivity index (χ3v) is 4.44. The van der Waals surface area contributed by atoms with Crippen LogP contribution in [0.15, 0.2) is 4.52 Å². The zero-order valence-corrected chi connectivity index (χ0v) is 13.7. The van der Waals surface area contributed by atoms with E-state index in [4.69, 9.17) is 4.52 Å². The Labute approximate surface area is 130 Å². The highest BCUT2D eigenvalue weighted by Crippen LogP contribution is 2.21. The average Bonchev–Trinajstić information content (AvgIpc) is 2.83. The highest BCUT2D eigenvalue weighted by Gasteiger charge is 2.24. The molecule has 0 radical (unpaired) electrons. The van der Waals surface area contributed by atoms with Gasteiger partial charge in [-0.15, -0.1) is 0 Å². The minimum Gasteiger partial charge on any atom is -0.343 e. The molecule has 0 atom stereocenters. The summed E-state index contributed by atoms with van der Waals surface area (Å²) in [7, 11) is -3.24. The summed E-state index contributed by atoms with van der Waals surface area (Å²) in [5, 5.41) is 3.90. The van der Waals surface area contributed by atoms with Gasteiger partial charge in [0.25, 0.3) is 0 Å². The lowest BCUT2D eigenvalue weighted by Crippen LogP contribution is -2.40. The lowest BCUT2D eigenvalue weighted by molar-refractivity contribution is -0.132. The fraction of sp³-hybridized carbons (Fsp3) is 0.769. The van der Waals surface area contributed by atoms with Gasteiger partial charge in [-0.1, -0.05) is 5.16 Å². The summed E-state index contributed by atoms with van der Waals surface area (Å²) in [5.74, 6) is 1.74. The summed E-state index contributed by atoms with van der Waals surface area (Å²) in [5.41, 5.74) is 0. The van der Waals surface area contributed by atoms with E-state index in [1.807, 2.05) is 0 Å². The Hall–Kier alpha value is -1.48. The fourth-order valence-corrected chi connectivity index (χ4v) is 3.04. The maximum atomic E-state index is 12.0. The first-order valence-corrected chi connectivity index (χ1v) is 9.24. The Kier molecular flexibility index (Phi) is 5.52. The second-order valence-corrected chi connectivity index (χ2v) is 7.51. The summed E-state index contributed by atoms with van der Waals surface area (Å²) in [4.78, 5) is 18.0. The Morgan fingerprint density at radius 2 is 2.09 bits per heavy atom. The summed E-state index contributed by atoms with van der Waals surface area (Å²) in [6.45, 7) is 3.31. The van der Waals surface area contributed by atoms with Gasteiger partial charge in [0.15, 0.2) is 5.82 Å². The zero-order valence-electron chi connectivity index (χ0n) is 12.9. The SMILES string of the molecule is Cc1nc(CC2CCN(C(=O)CCNS(C)(=O)=O)CC2)no1. The number of sulfonamides is 1. The number of aryl methyl sites for hydroxylation is 1. The summed E-state index contributed by atoms with van der Waals surface area (Å²) < 4.78 is 29.2. The van der Waals surface area contributed by atoms with Crippen LogP contribution in [-0.4, -0.2) is 55.3 Å². The molecule has 1 saturated heterocycles.